The Kier molecular flexibility index (Phi) is 7.03. The van der Waals surface area contributed by atoms with Gasteiger partial charge in [0.2, 0.25) is 0 Å². The Morgan fingerprint density at radius 3 is 2.93 bits per heavy atom. The van der Waals surface area contributed by atoms with Gasteiger partial charge < -0.3 is 10.1 Å². The van der Waals surface area contributed by atoms with Gasteiger partial charge in [-0.1, -0.05) is 18.2 Å². The number of pyridine rings is 1. The largest absolute Gasteiger partial charge is 0.494 e. The monoisotopic (exact) mass is 372 g/mol. The molecule has 4 heteroatoms. The number of hydrogen-bond donors (Lipinski definition) is 1. The Labute approximate surface area is 165 Å². The van der Waals surface area contributed by atoms with Crippen LogP contribution in [0.2, 0.25) is 0 Å². The van der Waals surface area contributed by atoms with Crippen LogP contribution in [0.3, 0.4) is 0 Å². The van der Waals surface area contributed by atoms with E-state index >= 15 is 0 Å². The third kappa shape index (κ3) is 5.59. The number of carbonyl (C=O) groups is 1. The first kappa shape index (κ1) is 19.4. The molecule has 28 heavy (non-hydrogen) atoms. The van der Waals surface area contributed by atoms with Crippen molar-refractivity contribution in [1.29, 1.82) is 0 Å². The molecule has 0 saturated carbocycles. The van der Waals surface area contributed by atoms with Crippen molar-refractivity contribution in [2.45, 2.75) is 32.7 Å². The van der Waals surface area contributed by atoms with Crippen LogP contribution >= 0.6 is 0 Å². The number of rotatable bonds is 8. The van der Waals surface area contributed by atoms with Crippen LogP contribution in [0.25, 0.3) is 10.9 Å². The molecule has 0 aliphatic carbocycles. The third-order valence-electron chi connectivity index (χ3n) is 4.36. The highest BCUT2D eigenvalue weighted by Gasteiger charge is 2.07. The van der Waals surface area contributed by atoms with Crippen LogP contribution in [0.5, 0.6) is 5.75 Å². The Bertz CT molecular complexity index is 1000. The van der Waals surface area contributed by atoms with Gasteiger partial charge in [0.15, 0.2) is 0 Å². The van der Waals surface area contributed by atoms with E-state index in [1.54, 1.807) is 12.3 Å². The summed E-state index contributed by atoms with van der Waals surface area (Å²) >= 11 is 0. The van der Waals surface area contributed by atoms with Crippen molar-refractivity contribution in [2.24, 2.45) is 0 Å². The predicted molar refractivity (Wildman–Crippen MR) is 112 cm³/mol. The van der Waals surface area contributed by atoms with E-state index in [0.29, 0.717) is 18.7 Å². The van der Waals surface area contributed by atoms with Gasteiger partial charge in [-0.15, -0.1) is 11.8 Å². The number of carbonyl (C=O) groups excluding carboxylic acids is 1. The maximum absolute atomic E-state index is 12.5. The maximum atomic E-state index is 12.5. The van der Waals surface area contributed by atoms with E-state index in [4.69, 9.17) is 4.74 Å². The number of fused-ring (bicyclic) bond motifs is 1. The lowest BCUT2D eigenvalue weighted by molar-refractivity contribution is 0.0951. The van der Waals surface area contributed by atoms with E-state index < -0.39 is 0 Å². The number of ether oxygens (including phenoxy) is 1. The Morgan fingerprint density at radius 1 is 1.11 bits per heavy atom. The molecule has 0 aliphatic heterocycles. The minimum atomic E-state index is -0.103. The summed E-state index contributed by atoms with van der Waals surface area (Å²) < 4.78 is 5.80. The molecule has 0 atom stereocenters. The summed E-state index contributed by atoms with van der Waals surface area (Å²) in [4.78, 5) is 16.7. The Balaban J connectivity index is 1.51. The van der Waals surface area contributed by atoms with E-state index in [9.17, 15) is 4.79 Å². The molecule has 142 valence electrons. The fraction of sp³-hybridized carbons (Fsp3) is 0.250. The number of amides is 1. The van der Waals surface area contributed by atoms with Crippen LogP contribution in [0.1, 0.15) is 42.1 Å². The zero-order chi connectivity index (χ0) is 19.6. The fourth-order valence-corrected chi connectivity index (χ4v) is 2.88. The minimum Gasteiger partial charge on any atom is -0.494 e. The molecule has 0 saturated heterocycles. The summed E-state index contributed by atoms with van der Waals surface area (Å²) in [7, 11) is 0. The zero-order valence-electron chi connectivity index (χ0n) is 16.1. The van der Waals surface area contributed by atoms with E-state index in [1.807, 2.05) is 55.5 Å². The SMILES string of the molecule is CC#CCCCCOc1cccc(CNC(=O)c2ccc3ncccc3c2)c1. The summed E-state index contributed by atoms with van der Waals surface area (Å²) in [5.41, 5.74) is 2.51. The molecule has 0 spiro atoms. The molecule has 1 aromatic heterocycles. The van der Waals surface area contributed by atoms with Crippen LogP contribution in [0.15, 0.2) is 60.8 Å². The topological polar surface area (TPSA) is 51.2 Å². The first-order valence-electron chi connectivity index (χ1n) is 9.50. The van der Waals surface area contributed by atoms with Gasteiger partial charge in [0.25, 0.3) is 5.91 Å². The average Bonchev–Trinajstić information content (AvgIpc) is 2.74. The first-order valence-corrected chi connectivity index (χ1v) is 9.50. The number of aromatic nitrogens is 1. The lowest BCUT2D eigenvalue weighted by atomic mass is 10.1. The van der Waals surface area contributed by atoms with E-state index in [1.165, 1.54) is 0 Å². The lowest BCUT2D eigenvalue weighted by Gasteiger charge is -2.09. The van der Waals surface area contributed by atoms with Crippen LogP contribution in [-0.4, -0.2) is 17.5 Å². The van der Waals surface area contributed by atoms with Crippen molar-refractivity contribution >= 4 is 16.8 Å². The van der Waals surface area contributed by atoms with Gasteiger partial charge in [-0.3, -0.25) is 9.78 Å². The van der Waals surface area contributed by atoms with Crippen molar-refractivity contribution in [3.8, 4) is 17.6 Å². The fourth-order valence-electron chi connectivity index (χ4n) is 2.88. The van der Waals surface area contributed by atoms with Gasteiger partial charge in [0.1, 0.15) is 5.75 Å². The highest BCUT2D eigenvalue weighted by molar-refractivity contribution is 5.97. The lowest BCUT2D eigenvalue weighted by Crippen LogP contribution is -2.22. The molecule has 1 heterocycles. The predicted octanol–water partition coefficient (Wildman–Crippen LogP) is 4.74. The standard InChI is InChI=1S/C24H24N2O2/c1-2-3-4-5-6-15-28-22-11-7-9-19(16-22)18-26-24(27)21-12-13-23-20(17-21)10-8-14-25-23/h7-14,16-17H,4-6,15,18H2,1H3,(H,26,27). The molecule has 1 amide bonds. The van der Waals surface area contributed by atoms with Crippen molar-refractivity contribution in [3.63, 3.8) is 0 Å². The molecular formula is C24H24N2O2. The van der Waals surface area contributed by atoms with Gasteiger partial charge in [-0.05, 0) is 61.7 Å². The van der Waals surface area contributed by atoms with Gasteiger partial charge in [0, 0.05) is 30.1 Å². The van der Waals surface area contributed by atoms with E-state index in [-0.39, 0.29) is 5.91 Å². The van der Waals surface area contributed by atoms with Crippen molar-refractivity contribution < 1.29 is 9.53 Å². The first-order chi connectivity index (χ1) is 13.8. The molecule has 0 fully saturated rings. The van der Waals surface area contributed by atoms with Crippen LogP contribution in [-0.2, 0) is 6.54 Å². The van der Waals surface area contributed by atoms with Gasteiger partial charge in [0.05, 0.1) is 12.1 Å². The molecular weight excluding hydrogens is 348 g/mol. The Hall–Kier alpha value is -3.32. The summed E-state index contributed by atoms with van der Waals surface area (Å²) in [6, 6.07) is 17.2. The highest BCUT2D eigenvalue weighted by atomic mass is 16.5. The second-order valence-electron chi connectivity index (χ2n) is 6.47. The van der Waals surface area contributed by atoms with Gasteiger partial charge in [-0.2, -0.15) is 0 Å². The molecule has 1 N–H and O–H groups in total. The maximum Gasteiger partial charge on any atom is 0.251 e. The summed E-state index contributed by atoms with van der Waals surface area (Å²) in [5, 5.41) is 3.92. The molecule has 0 bridgehead atoms. The molecule has 3 rings (SSSR count). The smallest absolute Gasteiger partial charge is 0.251 e. The highest BCUT2D eigenvalue weighted by Crippen LogP contribution is 2.15. The quantitative estimate of drug-likeness (QED) is 0.459. The van der Waals surface area contributed by atoms with Crippen LogP contribution < -0.4 is 10.1 Å². The minimum absolute atomic E-state index is 0.103. The van der Waals surface area contributed by atoms with E-state index in [2.05, 4.69) is 22.1 Å². The van der Waals surface area contributed by atoms with Crippen molar-refractivity contribution in [3.05, 3.63) is 71.9 Å². The summed E-state index contributed by atoms with van der Waals surface area (Å²) in [5.74, 6) is 6.68. The van der Waals surface area contributed by atoms with Gasteiger partial charge in [-0.25, -0.2) is 0 Å². The van der Waals surface area contributed by atoms with Crippen LogP contribution in [0, 0.1) is 11.8 Å². The number of unbranched alkanes of at least 4 members (excludes halogenated alkanes) is 2. The molecule has 2 aromatic carbocycles. The Morgan fingerprint density at radius 2 is 2.04 bits per heavy atom. The zero-order valence-corrected chi connectivity index (χ0v) is 16.1. The third-order valence-corrected chi connectivity index (χ3v) is 4.36. The normalized spacial score (nSPS) is 10.2. The van der Waals surface area contributed by atoms with Crippen LogP contribution in [0.4, 0.5) is 0 Å². The molecule has 0 aliphatic rings. The molecule has 3 aromatic rings. The summed E-state index contributed by atoms with van der Waals surface area (Å²) in [6.45, 7) is 2.98. The number of nitrogens with one attached hydrogen (secondary N) is 1. The second kappa shape index (κ2) is 10.1. The average molecular weight is 372 g/mol. The van der Waals surface area contributed by atoms with Crippen molar-refractivity contribution in [2.75, 3.05) is 6.61 Å². The molecule has 4 nitrogen and oxygen atoms in total. The molecule has 0 unspecified atom stereocenters. The van der Waals surface area contributed by atoms with Gasteiger partial charge >= 0.3 is 0 Å². The van der Waals surface area contributed by atoms with E-state index in [0.717, 1.165) is 41.5 Å². The molecule has 0 radical (unpaired) electrons. The van der Waals surface area contributed by atoms with Crippen molar-refractivity contribution in [1.82, 2.24) is 10.3 Å². The second-order valence-corrected chi connectivity index (χ2v) is 6.47. The summed E-state index contributed by atoms with van der Waals surface area (Å²) in [6.07, 6.45) is 4.68. The number of nitrogens with zero attached hydrogens (tertiary/aromatic N) is 1. The number of hydrogen-bond acceptors (Lipinski definition) is 3. The number of benzene rings is 2.